The van der Waals surface area contributed by atoms with Crippen LogP contribution >= 0.6 is 15.6 Å². The second-order valence-electron chi connectivity index (χ2n) is 25.5. The first kappa shape index (κ1) is 83.1. The van der Waals surface area contributed by atoms with Crippen molar-refractivity contribution in [3.63, 3.8) is 0 Å². The summed E-state index contributed by atoms with van der Waals surface area (Å²) in [6.07, 6.45) is 36.4. The molecule has 0 rings (SSSR count). The second kappa shape index (κ2) is 56.1. The van der Waals surface area contributed by atoms with E-state index in [0.29, 0.717) is 37.5 Å². The van der Waals surface area contributed by atoms with Gasteiger partial charge < -0.3 is 33.8 Å². The molecule has 4 unspecified atom stereocenters. The molecule has 0 heterocycles. The molecule has 0 aliphatic heterocycles. The SMILES string of the molecule is CCC(C)CCCCCCCCCCC(=O)O[C@H](COC(=O)CCCCCCCCCCCCCC(C)C)COP(=O)(O)OCC(O)COP(=O)(O)OC[C@@H](COC(=O)CCCCCCCCCC(C)C)OC(=O)CCCCCCCCC(C)C. The van der Waals surface area contributed by atoms with Crippen molar-refractivity contribution in [2.75, 3.05) is 39.6 Å². The average Bonchev–Trinajstić information content (AvgIpc) is 3.54. The van der Waals surface area contributed by atoms with E-state index in [2.05, 4.69) is 55.4 Å². The standard InChI is InChI=1S/C66H128O17P2/c1-9-59(8)45-37-29-20-15-16-22-32-40-48-65(70)82-61(52-76-63(68)46-38-30-21-14-12-10-11-13-18-26-34-42-56(2)3)54-80-84(72,73)78-50-60(67)51-79-85(74,75)81-55-62(83-66(71)49-41-33-25-24-28-36-44-58(6)7)53-77-64(69)47-39-31-23-17-19-27-35-43-57(4)5/h56-62,67H,9-55H2,1-8H3,(H,72,73)(H,74,75)/t59?,60?,61-,62-/m1/s1. The van der Waals surface area contributed by atoms with Crippen LogP contribution in [0.2, 0.25) is 0 Å². The van der Waals surface area contributed by atoms with Crippen LogP contribution in [0.25, 0.3) is 0 Å². The number of phosphoric acid groups is 2. The summed E-state index contributed by atoms with van der Waals surface area (Å²) in [5, 5.41) is 10.5. The molecule has 3 N–H and O–H groups in total. The highest BCUT2D eigenvalue weighted by Gasteiger charge is 2.30. The number of unbranched alkanes of at least 4 members (excludes halogenated alkanes) is 28. The molecule has 0 fully saturated rings. The molecular weight excluding hydrogens is 1130 g/mol. The number of esters is 4. The van der Waals surface area contributed by atoms with Crippen LogP contribution in [0, 0.1) is 23.7 Å². The van der Waals surface area contributed by atoms with Gasteiger partial charge in [-0.25, -0.2) is 9.13 Å². The number of aliphatic hydroxyl groups is 1. The zero-order valence-corrected chi connectivity index (χ0v) is 57.0. The van der Waals surface area contributed by atoms with Crippen LogP contribution in [0.15, 0.2) is 0 Å². The maximum atomic E-state index is 13.0. The number of ether oxygens (including phenoxy) is 4. The Labute approximate surface area is 517 Å². The topological polar surface area (TPSA) is 237 Å². The predicted octanol–water partition coefficient (Wildman–Crippen LogP) is 18.1. The molecule has 0 aliphatic rings. The Hall–Kier alpha value is -1.94. The Kier molecular flexibility index (Phi) is 54.8. The Balaban J connectivity index is 5.24. The summed E-state index contributed by atoms with van der Waals surface area (Å²) in [5.41, 5.74) is 0. The van der Waals surface area contributed by atoms with E-state index in [0.717, 1.165) is 108 Å². The fraction of sp³-hybridized carbons (Fsp3) is 0.939. The number of aliphatic hydroxyl groups excluding tert-OH is 1. The Morgan fingerprint density at radius 1 is 0.329 bits per heavy atom. The fourth-order valence-electron chi connectivity index (χ4n) is 9.75. The molecule has 0 aromatic heterocycles. The van der Waals surface area contributed by atoms with Crippen molar-refractivity contribution in [3.05, 3.63) is 0 Å². The van der Waals surface area contributed by atoms with Gasteiger partial charge in [0.15, 0.2) is 12.2 Å². The van der Waals surface area contributed by atoms with Gasteiger partial charge in [-0.15, -0.1) is 0 Å². The van der Waals surface area contributed by atoms with Gasteiger partial charge in [0.05, 0.1) is 26.4 Å². The van der Waals surface area contributed by atoms with Gasteiger partial charge in [0, 0.05) is 25.7 Å². The Morgan fingerprint density at radius 2 is 0.565 bits per heavy atom. The van der Waals surface area contributed by atoms with Crippen LogP contribution < -0.4 is 0 Å². The van der Waals surface area contributed by atoms with Gasteiger partial charge >= 0.3 is 39.5 Å². The molecule has 0 radical (unpaired) electrons. The Bertz CT molecular complexity index is 1700. The lowest BCUT2D eigenvalue weighted by atomic mass is 9.99. The van der Waals surface area contributed by atoms with Gasteiger partial charge in [0.25, 0.3) is 0 Å². The lowest BCUT2D eigenvalue weighted by molar-refractivity contribution is -0.161. The maximum Gasteiger partial charge on any atom is 0.472 e. The van der Waals surface area contributed by atoms with Gasteiger partial charge in [-0.05, 0) is 49.4 Å². The molecule has 504 valence electrons. The molecule has 6 atom stereocenters. The molecule has 0 amide bonds. The van der Waals surface area contributed by atoms with Crippen LogP contribution in [0.4, 0.5) is 0 Å². The van der Waals surface area contributed by atoms with E-state index < -0.39 is 97.5 Å². The van der Waals surface area contributed by atoms with E-state index in [9.17, 15) is 43.2 Å². The average molecular weight is 1260 g/mol. The lowest BCUT2D eigenvalue weighted by Crippen LogP contribution is -2.30. The highest BCUT2D eigenvalue weighted by Crippen LogP contribution is 2.45. The smallest absolute Gasteiger partial charge is 0.462 e. The van der Waals surface area contributed by atoms with E-state index in [1.54, 1.807) is 0 Å². The van der Waals surface area contributed by atoms with Crippen LogP contribution in [-0.2, 0) is 65.4 Å². The molecule has 0 aliphatic carbocycles. The van der Waals surface area contributed by atoms with Crippen LogP contribution in [0.1, 0.15) is 319 Å². The number of carbonyl (C=O) groups is 4. The molecule has 0 saturated heterocycles. The van der Waals surface area contributed by atoms with Crippen molar-refractivity contribution in [2.45, 2.75) is 337 Å². The first-order chi connectivity index (χ1) is 40.6. The third-order valence-corrected chi connectivity index (χ3v) is 17.3. The molecule has 0 spiro atoms. The largest absolute Gasteiger partial charge is 0.472 e. The molecular formula is C66H128O17P2. The molecule has 0 saturated carbocycles. The predicted molar refractivity (Wildman–Crippen MR) is 340 cm³/mol. The first-order valence-electron chi connectivity index (χ1n) is 34.2. The summed E-state index contributed by atoms with van der Waals surface area (Å²) < 4.78 is 68.0. The first-order valence-corrected chi connectivity index (χ1v) is 37.2. The van der Waals surface area contributed by atoms with Crippen molar-refractivity contribution in [1.82, 2.24) is 0 Å². The van der Waals surface area contributed by atoms with Gasteiger partial charge in [-0.2, -0.15) is 0 Å². The third-order valence-electron chi connectivity index (χ3n) is 15.4. The monoisotopic (exact) mass is 1250 g/mol. The second-order valence-corrected chi connectivity index (χ2v) is 28.4. The molecule has 19 heteroatoms. The summed E-state index contributed by atoms with van der Waals surface area (Å²) in [7, 11) is -9.89. The number of hydrogen-bond acceptors (Lipinski definition) is 15. The van der Waals surface area contributed by atoms with E-state index in [1.165, 1.54) is 116 Å². The van der Waals surface area contributed by atoms with E-state index >= 15 is 0 Å². The van der Waals surface area contributed by atoms with E-state index in [-0.39, 0.29) is 25.7 Å². The van der Waals surface area contributed by atoms with E-state index in [1.807, 2.05) is 0 Å². The highest BCUT2D eigenvalue weighted by atomic mass is 31.2. The summed E-state index contributed by atoms with van der Waals surface area (Å²) in [4.78, 5) is 72.3. The van der Waals surface area contributed by atoms with Crippen LogP contribution in [0.3, 0.4) is 0 Å². The zero-order valence-electron chi connectivity index (χ0n) is 55.2. The zero-order chi connectivity index (χ0) is 63.2. The summed E-state index contributed by atoms with van der Waals surface area (Å²) in [6, 6.07) is 0. The minimum atomic E-state index is -4.95. The molecule has 85 heavy (non-hydrogen) atoms. The van der Waals surface area contributed by atoms with Gasteiger partial charge in [-0.1, -0.05) is 267 Å². The van der Waals surface area contributed by atoms with Gasteiger partial charge in [0.1, 0.15) is 19.3 Å². The normalized spacial score (nSPS) is 14.7. The highest BCUT2D eigenvalue weighted by molar-refractivity contribution is 7.47. The minimum Gasteiger partial charge on any atom is -0.462 e. The maximum absolute atomic E-state index is 13.0. The summed E-state index contributed by atoms with van der Waals surface area (Å²) >= 11 is 0. The minimum absolute atomic E-state index is 0.101. The molecule has 0 aromatic carbocycles. The van der Waals surface area contributed by atoms with Crippen LogP contribution in [-0.4, -0.2) is 96.7 Å². The quantitative estimate of drug-likeness (QED) is 0.0222. The number of rotatable bonds is 63. The molecule has 17 nitrogen and oxygen atoms in total. The van der Waals surface area contributed by atoms with Crippen molar-refractivity contribution in [2.24, 2.45) is 23.7 Å². The third kappa shape index (κ3) is 59.5. The molecule has 0 aromatic rings. The van der Waals surface area contributed by atoms with Crippen molar-refractivity contribution in [1.29, 1.82) is 0 Å². The lowest BCUT2D eigenvalue weighted by Gasteiger charge is -2.21. The Morgan fingerprint density at radius 3 is 0.835 bits per heavy atom. The summed E-state index contributed by atoms with van der Waals surface area (Å²) in [5.74, 6) is 0.774. The number of carbonyl (C=O) groups excluding carboxylic acids is 4. The van der Waals surface area contributed by atoms with Crippen molar-refractivity contribution < 1.29 is 80.2 Å². The number of hydrogen-bond donors (Lipinski definition) is 3. The molecule has 0 bridgehead atoms. The van der Waals surface area contributed by atoms with Crippen molar-refractivity contribution in [3.8, 4) is 0 Å². The summed E-state index contributed by atoms with van der Waals surface area (Å²) in [6.45, 7) is 14.0. The van der Waals surface area contributed by atoms with Crippen LogP contribution in [0.5, 0.6) is 0 Å². The fourth-order valence-corrected chi connectivity index (χ4v) is 11.3. The van der Waals surface area contributed by atoms with E-state index in [4.69, 9.17) is 37.0 Å². The van der Waals surface area contributed by atoms with Crippen molar-refractivity contribution >= 4 is 39.5 Å². The number of phosphoric ester groups is 2. The van der Waals surface area contributed by atoms with Gasteiger partial charge in [0.2, 0.25) is 0 Å². The van der Waals surface area contributed by atoms with Gasteiger partial charge in [-0.3, -0.25) is 37.3 Å².